The van der Waals surface area contributed by atoms with Crippen molar-refractivity contribution in [2.45, 2.75) is 20.8 Å². The first-order valence-electron chi connectivity index (χ1n) is 8.90. The van der Waals surface area contributed by atoms with Crippen molar-refractivity contribution in [2.75, 3.05) is 32.6 Å². The Labute approximate surface area is 174 Å². The van der Waals surface area contributed by atoms with Crippen LogP contribution in [0.4, 0.5) is 5.69 Å². The zero-order valence-corrected chi connectivity index (χ0v) is 18.3. The molecule has 0 heterocycles. The number of amides is 2. The van der Waals surface area contributed by atoms with Crippen LogP contribution in [0.2, 0.25) is 0 Å². The first kappa shape index (κ1) is 21.8. The molecule has 0 bridgehead atoms. The van der Waals surface area contributed by atoms with E-state index in [1.165, 1.54) is 12.0 Å². The molecule has 7 heteroatoms. The van der Waals surface area contributed by atoms with Crippen LogP contribution in [-0.4, -0.2) is 44.0 Å². The van der Waals surface area contributed by atoms with E-state index in [0.717, 1.165) is 16.8 Å². The van der Waals surface area contributed by atoms with Gasteiger partial charge in [0.2, 0.25) is 5.91 Å². The molecule has 0 aliphatic heterocycles. The van der Waals surface area contributed by atoms with Crippen LogP contribution < -0.4 is 14.8 Å². The average Bonchev–Trinajstić information content (AvgIpc) is 2.66. The van der Waals surface area contributed by atoms with E-state index in [1.807, 2.05) is 39.0 Å². The molecule has 2 aromatic carbocycles. The highest BCUT2D eigenvalue weighted by Gasteiger charge is 2.20. The molecule has 0 saturated heterocycles. The molecule has 0 aliphatic carbocycles. The minimum absolute atomic E-state index is 0.0701. The van der Waals surface area contributed by atoms with Crippen LogP contribution in [0.15, 0.2) is 34.8 Å². The number of likely N-dealkylation sites (N-methyl/N-ethyl adjacent to an activating group) is 1. The van der Waals surface area contributed by atoms with Crippen LogP contribution in [0.3, 0.4) is 0 Å². The highest BCUT2D eigenvalue weighted by molar-refractivity contribution is 9.10. The number of nitrogens with one attached hydrogen (secondary N) is 1. The van der Waals surface area contributed by atoms with E-state index in [1.54, 1.807) is 19.2 Å². The van der Waals surface area contributed by atoms with Crippen molar-refractivity contribution < 1.29 is 19.1 Å². The summed E-state index contributed by atoms with van der Waals surface area (Å²) in [7, 11) is 3.10. The summed E-state index contributed by atoms with van der Waals surface area (Å²) >= 11 is 3.41. The second-order valence-corrected chi connectivity index (χ2v) is 7.23. The number of hydrogen-bond acceptors (Lipinski definition) is 4. The third kappa shape index (κ3) is 5.04. The maximum absolute atomic E-state index is 12.8. The summed E-state index contributed by atoms with van der Waals surface area (Å²) in [5.74, 6) is 0.435. The smallest absolute Gasteiger partial charge is 0.254 e. The topological polar surface area (TPSA) is 67.9 Å². The molecule has 2 amide bonds. The molecule has 0 radical (unpaired) electrons. The second-order valence-electron chi connectivity index (χ2n) is 6.38. The number of carbonyl (C=O) groups excluding carboxylic acids is 2. The van der Waals surface area contributed by atoms with Crippen LogP contribution in [0, 0.1) is 13.8 Å². The van der Waals surface area contributed by atoms with Gasteiger partial charge in [-0.05, 0) is 66.0 Å². The number of methoxy groups -OCH3 is 1. The van der Waals surface area contributed by atoms with Crippen LogP contribution in [0.1, 0.15) is 28.4 Å². The Hall–Kier alpha value is -2.54. The van der Waals surface area contributed by atoms with Crippen molar-refractivity contribution in [3.8, 4) is 11.5 Å². The quantitative estimate of drug-likeness (QED) is 0.689. The number of carbonyl (C=O) groups is 2. The van der Waals surface area contributed by atoms with Crippen molar-refractivity contribution in [3.05, 3.63) is 51.5 Å². The molecule has 0 aliphatic rings. The van der Waals surface area contributed by atoms with Gasteiger partial charge in [-0.3, -0.25) is 9.59 Å². The minimum Gasteiger partial charge on any atom is -0.493 e. The number of benzene rings is 2. The fourth-order valence-electron chi connectivity index (χ4n) is 2.71. The SMILES string of the molecule is CCOc1c(Br)cc(C(=O)N(C)CC(=O)Nc2cccc(C)c2C)cc1OC. The Balaban J connectivity index is 2.12. The summed E-state index contributed by atoms with van der Waals surface area (Å²) in [6, 6.07) is 8.98. The van der Waals surface area contributed by atoms with Gasteiger partial charge in [0, 0.05) is 18.3 Å². The van der Waals surface area contributed by atoms with Crippen LogP contribution in [0.5, 0.6) is 11.5 Å². The fraction of sp³-hybridized carbons (Fsp3) is 0.333. The lowest BCUT2D eigenvalue weighted by molar-refractivity contribution is -0.116. The molecular formula is C21H25BrN2O4. The van der Waals surface area contributed by atoms with Gasteiger partial charge in [0.05, 0.1) is 24.7 Å². The predicted molar refractivity (Wildman–Crippen MR) is 113 cm³/mol. The molecule has 0 spiro atoms. The number of aryl methyl sites for hydroxylation is 1. The predicted octanol–water partition coefficient (Wildman–Crippen LogP) is 4.18. The molecule has 1 N–H and O–H groups in total. The zero-order valence-electron chi connectivity index (χ0n) is 16.8. The molecule has 6 nitrogen and oxygen atoms in total. The van der Waals surface area contributed by atoms with Gasteiger partial charge >= 0.3 is 0 Å². The van der Waals surface area contributed by atoms with Crippen molar-refractivity contribution in [2.24, 2.45) is 0 Å². The lowest BCUT2D eigenvalue weighted by Gasteiger charge is -2.19. The van der Waals surface area contributed by atoms with Gasteiger partial charge < -0.3 is 19.7 Å². The van der Waals surface area contributed by atoms with E-state index >= 15 is 0 Å². The molecule has 0 unspecified atom stereocenters. The van der Waals surface area contributed by atoms with Crippen molar-refractivity contribution >= 4 is 33.4 Å². The first-order chi connectivity index (χ1) is 13.3. The maximum Gasteiger partial charge on any atom is 0.254 e. The lowest BCUT2D eigenvalue weighted by atomic mass is 10.1. The Morgan fingerprint density at radius 2 is 1.93 bits per heavy atom. The number of nitrogens with zero attached hydrogens (tertiary/aromatic N) is 1. The van der Waals surface area contributed by atoms with Crippen molar-refractivity contribution in [3.63, 3.8) is 0 Å². The number of rotatable bonds is 7. The summed E-state index contributed by atoms with van der Waals surface area (Å²) in [4.78, 5) is 26.5. The van der Waals surface area contributed by atoms with Gasteiger partial charge in [-0.25, -0.2) is 0 Å². The van der Waals surface area contributed by atoms with E-state index in [2.05, 4.69) is 21.2 Å². The molecular weight excluding hydrogens is 424 g/mol. The van der Waals surface area contributed by atoms with Crippen molar-refractivity contribution in [1.29, 1.82) is 0 Å². The van der Waals surface area contributed by atoms with Crippen molar-refractivity contribution in [1.82, 2.24) is 4.90 Å². The summed E-state index contributed by atoms with van der Waals surface area (Å²) in [6.45, 7) is 6.20. The molecule has 2 aromatic rings. The van der Waals surface area contributed by atoms with Crippen LogP contribution in [-0.2, 0) is 4.79 Å². The molecule has 0 saturated carbocycles. The molecule has 150 valence electrons. The average molecular weight is 449 g/mol. The molecule has 2 rings (SSSR count). The van der Waals surface area contributed by atoms with E-state index in [4.69, 9.17) is 9.47 Å². The maximum atomic E-state index is 12.8. The van der Waals surface area contributed by atoms with Gasteiger partial charge in [-0.2, -0.15) is 0 Å². The zero-order chi connectivity index (χ0) is 20.8. The van der Waals surface area contributed by atoms with Gasteiger partial charge in [-0.1, -0.05) is 12.1 Å². The van der Waals surface area contributed by atoms with Gasteiger partial charge in [0.15, 0.2) is 11.5 Å². The third-order valence-corrected chi connectivity index (χ3v) is 4.96. The summed E-state index contributed by atoms with van der Waals surface area (Å²) in [6.07, 6.45) is 0. The lowest BCUT2D eigenvalue weighted by Crippen LogP contribution is -2.35. The van der Waals surface area contributed by atoms with E-state index in [9.17, 15) is 9.59 Å². The number of hydrogen-bond donors (Lipinski definition) is 1. The van der Waals surface area contributed by atoms with Gasteiger partial charge in [0.25, 0.3) is 5.91 Å². The monoisotopic (exact) mass is 448 g/mol. The number of ether oxygens (including phenoxy) is 2. The van der Waals surface area contributed by atoms with E-state index in [0.29, 0.717) is 28.1 Å². The molecule has 28 heavy (non-hydrogen) atoms. The number of halogens is 1. The van der Waals surface area contributed by atoms with Gasteiger partial charge in [-0.15, -0.1) is 0 Å². The second kappa shape index (κ2) is 9.59. The third-order valence-electron chi connectivity index (χ3n) is 4.37. The molecule has 0 aromatic heterocycles. The van der Waals surface area contributed by atoms with Gasteiger partial charge in [0.1, 0.15) is 0 Å². The minimum atomic E-state index is -0.293. The highest BCUT2D eigenvalue weighted by atomic mass is 79.9. The fourth-order valence-corrected chi connectivity index (χ4v) is 3.27. The number of anilines is 1. The standard InChI is InChI=1S/C21H25BrN2O4/c1-6-28-20-16(22)10-15(11-18(20)27-5)21(26)24(4)12-19(25)23-17-9-7-8-13(2)14(17)3/h7-11H,6,12H2,1-5H3,(H,23,25). The Bertz CT molecular complexity index is 883. The summed E-state index contributed by atoms with van der Waals surface area (Å²) in [5.41, 5.74) is 3.24. The Morgan fingerprint density at radius 1 is 1.21 bits per heavy atom. The largest absolute Gasteiger partial charge is 0.493 e. The first-order valence-corrected chi connectivity index (χ1v) is 9.69. The summed E-state index contributed by atoms with van der Waals surface area (Å²) in [5, 5.41) is 2.86. The Kier molecular flexibility index (Phi) is 7.45. The van der Waals surface area contributed by atoms with Crippen LogP contribution >= 0.6 is 15.9 Å². The molecule has 0 atom stereocenters. The summed E-state index contributed by atoms with van der Waals surface area (Å²) < 4.78 is 11.5. The van der Waals surface area contributed by atoms with Crippen LogP contribution in [0.25, 0.3) is 0 Å². The Morgan fingerprint density at radius 3 is 2.57 bits per heavy atom. The van der Waals surface area contributed by atoms with E-state index < -0.39 is 0 Å². The normalized spacial score (nSPS) is 10.4. The van der Waals surface area contributed by atoms with E-state index in [-0.39, 0.29) is 18.4 Å². The highest BCUT2D eigenvalue weighted by Crippen LogP contribution is 2.36. The molecule has 0 fully saturated rings.